The third kappa shape index (κ3) is 2.19. The molecule has 0 aliphatic carbocycles. The molecular weight excluding hydrogens is 241 g/mol. The number of anilines is 1. The summed E-state index contributed by atoms with van der Waals surface area (Å²) in [5, 5.41) is 0.209. The quantitative estimate of drug-likeness (QED) is 0.826. The molecule has 0 bridgehead atoms. The largest absolute Gasteiger partial charge is 0.496 e. The second kappa shape index (κ2) is 4.63. The van der Waals surface area contributed by atoms with E-state index in [1.807, 2.05) is 12.1 Å². The average molecular weight is 252 g/mol. The maximum Gasteiger partial charge on any atom is 0.132 e. The lowest BCUT2D eigenvalue weighted by atomic mass is 10.0. The number of hydrogen-bond acceptors (Lipinski definition) is 2. The van der Waals surface area contributed by atoms with Crippen LogP contribution in [0.5, 0.6) is 5.75 Å². The predicted molar refractivity (Wildman–Crippen MR) is 67.8 cm³/mol. The van der Waals surface area contributed by atoms with E-state index >= 15 is 0 Å². The van der Waals surface area contributed by atoms with Crippen LogP contribution in [0.25, 0.3) is 11.1 Å². The molecule has 0 aliphatic heterocycles. The molecule has 0 heterocycles. The molecule has 4 heteroatoms. The van der Waals surface area contributed by atoms with Crippen LogP contribution in [0.1, 0.15) is 0 Å². The maximum atomic E-state index is 13.8. The van der Waals surface area contributed by atoms with Crippen LogP contribution in [0.2, 0.25) is 5.02 Å². The molecule has 0 spiro atoms. The molecule has 88 valence electrons. The van der Waals surface area contributed by atoms with Crippen LogP contribution < -0.4 is 10.5 Å². The van der Waals surface area contributed by atoms with Crippen molar-refractivity contribution in [2.45, 2.75) is 0 Å². The van der Waals surface area contributed by atoms with Crippen molar-refractivity contribution in [3.63, 3.8) is 0 Å². The van der Waals surface area contributed by atoms with E-state index in [1.165, 1.54) is 19.2 Å². The Balaban J connectivity index is 2.64. The van der Waals surface area contributed by atoms with Crippen LogP contribution >= 0.6 is 11.6 Å². The summed E-state index contributed by atoms with van der Waals surface area (Å²) in [6.45, 7) is 0. The van der Waals surface area contributed by atoms with Gasteiger partial charge in [-0.2, -0.15) is 0 Å². The average Bonchev–Trinajstić information content (AvgIpc) is 2.34. The lowest BCUT2D eigenvalue weighted by Gasteiger charge is -2.10. The molecule has 0 radical (unpaired) electrons. The first-order valence-electron chi connectivity index (χ1n) is 5.01. The summed E-state index contributed by atoms with van der Waals surface area (Å²) < 4.78 is 19.0. The zero-order chi connectivity index (χ0) is 12.4. The van der Waals surface area contributed by atoms with Crippen LogP contribution in [0.3, 0.4) is 0 Å². The third-order valence-corrected chi connectivity index (χ3v) is 2.81. The first-order valence-corrected chi connectivity index (χ1v) is 5.39. The van der Waals surface area contributed by atoms with E-state index in [9.17, 15) is 4.39 Å². The number of methoxy groups -OCH3 is 1. The fourth-order valence-corrected chi connectivity index (χ4v) is 1.79. The molecule has 0 amide bonds. The van der Waals surface area contributed by atoms with E-state index in [0.717, 1.165) is 0 Å². The number of ether oxygens (including phenoxy) is 1. The minimum absolute atomic E-state index is 0.209. The van der Waals surface area contributed by atoms with Gasteiger partial charge in [0.05, 0.1) is 17.8 Å². The van der Waals surface area contributed by atoms with Gasteiger partial charge in [-0.3, -0.25) is 0 Å². The van der Waals surface area contributed by atoms with Gasteiger partial charge in [0.2, 0.25) is 0 Å². The fraction of sp³-hybridized carbons (Fsp3) is 0.0769. The minimum Gasteiger partial charge on any atom is -0.496 e. The van der Waals surface area contributed by atoms with Crippen LogP contribution in [0, 0.1) is 5.82 Å². The second-order valence-electron chi connectivity index (χ2n) is 3.55. The van der Waals surface area contributed by atoms with Gasteiger partial charge in [0.25, 0.3) is 0 Å². The summed E-state index contributed by atoms with van der Waals surface area (Å²) in [6, 6.07) is 9.87. The van der Waals surface area contributed by atoms with Crippen molar-refractivity contribution in [1.29, 1.82) is 0 Å². The zero-order valence-corrected chi connectivity index (χ0v) is 9.96. The first-order chi connectivity index (χ1) is 8.13. The monoisotopic (exact) mass is 251 g/mol. The molecule has 2 aromatic rings. The van der Waals surface area contributed by atoms with Gasteiger partial charge in [-0.25, -0.2) is 4.39 Å². The number of nitrogens with two attached hydrogens (primary N) is 1. The normalized spacial score (nSPS) is 10.3. The zero-order valence-electron chi connectivity index (χ0n) is 9.21. The molecule has 0 aromatic heterocycles. The lowest BCUT2D eigenvalue weighted by molar-refractivity contribution is 0.416. The maximum absolute atomic E-state index is 13.8. The van der Waals surface area contributed by atoms with Crippen molar-refractivity contribution in [2.75, 3.05) is 12.8 Å². The highest BCUT2D eigenvalue weighted by Crippen LogP contribution is 2.35. The molecule has 0 saturated carbocycles. The Hall–Kier alpha value is -1.74. The number of nitrogen functional groups attached to an aromatic ring is 1. The summed E-state index contributed by atoms with van der Waals surface area (Å²) in [7, 11) is 1.54. The van der Waals surface area contributed by atoms with Gasteiger partial charge in [0, 0.05) is 11.1 Å². The van der Waals surface area contributed by atoms with Crippen LogP contribution in [-0.2, 0) is 0 Å². The summed E-state index contributed by atoms with van der Waals surface area (Å²) in [6.07, 6.45) is 0. The van der Waals surface area contributed by atoms with Crippen molar-refractivity contribution >= 4 is 17.3 Å². The Morgan fingerprint density at radius 2 is 1.88 bits per heavy atom. The fourth-order valence-electron chi connectivity index (χ4n) is 1.64. The smallest absolute Gasteiger partial charge is 0.132 e. The molecule has 0 unspecified atom stereocenters. The van der Waals surface area contributed by atoms with E-state index < -0.39 is 5.82 Å². The van der Waals surface area contributed by atoms with Crippen molar-refractivity contribution in [3.8, 4) is 16.9 Å². The Morgan fingerprint density at radius 1 is 1.18 bits per heavy atom. The third-order valence-electron chi connectivity index (χ3n) is 2.48. The molecule has 2 N–H and O–H groups in total. The van der Waals surface area contributed by atoms with Gasteiger partial charge in [-0.15, -0.1) is 0 Å². The highest BCUT2D eigenvalue weighted by molar-refractivity contribution is 6.33. The van der Waals surface area contributed by atoms with Gasteiger partial charge >= 0.3 is 0 Å². The van der Waals surface area contributed by atoms with Crippen molar-refractivity contribution in [1.82, 2.24) is 0 Å². The molecule has 2 rings (SSSR count). The molecule has 17 heavy (non-hydrogen) atoms. The standard InChI is InChI=1S/C13H11ClFNO/c1-17-13-5-3-2-4-8(13)9-6-12(16)10(14)7-11(9)15/h2-7H,16H2,1H3. The molecule has 0 atom stereocenters. The number of para-hydroxylation sites is 1. The Kier molecular flexibility index (Phi) is 3.20. The predicted octanol–water partition coefficient (Wildman–Crippen LogP) is 3.74. The summed E-state index contributed by atoms with van der Waals surface area (Å²) in [5.41, 5.74) is 7.05. The Morgan fingerprint density at radius 3 is 2.59 bits per heavy atom. The Labute approximate surface area is 104 Å². The first kappa shape index (κ1) is 11.7. The topological polar surface area (TPSA) is 35.2 Å². The van der Waals surface area contributed by atoms with Gasteiger partial charge < -0.3 is 10.5 Å². The van der Waals surface area contributed by atoms with Gasteiger partial charge in [-0.1, -0.05) is 29.8 Å². The van der Waals surface area contributed by atoms with E-state index in [2.05, 4.69) is 0 Å². The van der Waals surface area contributed by atoms with Crippen molar-refractivity contribution < 1.29 is 9.13 Å². The minimum atomic E-state index is -0.422. The van der Waals surface area contributed by atoms with Gasteiger partial charge in [0.15, 0.2) is 0 Å². The lowest BCUT2D eigenvalue weighted by Crippen LogP contribution is -1.93. The second-order valence-corrected chi connectivity index (χ2v) is 3.96. The molecule has 2 aromatic carbocycles. The molecule has 0 fully saturated rings. The highest BCUT2D eigenvalue weighted by Gasteiger charge is 2.12. The van der Waals surface area contributed by atoms with Crippen molar-refractivity contribution in [3.05, 3.63) is 47.2 Å². The summed E-state index contributed by atoms with van der Waals surface area (Å²) in [5.74, 6) is 0.168. The van der Waals surface area contributed by atoms with E-state index in [-0.39, 0.29) is 5.02 Å². The highest BCUT2D eigenvalue weighted by atomic mass is 35.5. The van der Waals surface area contributed by atoms with E-state index in [4.69, 9.17) is 22.1 Å². The molecular formula is C13H11ClFNO. The number of hydrogen-bond donors (Lipinski definition) is 1. The van der Waals surface area contributed by atoms with Crippen molar-refractivity contribution in [2.24, 2.45) is 0 Å². The van der Waals surface area contributed by atoms with Gasteiger partial charge in [-0.05, 0) is 18.2 Å². The van der Waals surface area contributed by atoms with Crippen LogP contribution in [-0.4, -0.2) is 7.11 Å². The van der Waals surface area contributed by atoms with Gasteiger partial charge in [0.1, 0.15) is 11.6 Å². The Bertz CT molecular complexity index is 557. The number of benzene rings is 2. The summed E-state index contributed by atoms with van der Waals surface area (Å²) in [4.78, 5) is 0. The summed E-state index contributed by atoms with van der Waals surface area (Å²) >= 11 is 5.75. The number of rotatable bonds is 2. The van der Waals surface area contributed by atoms with Crippen LogP contribution in [0.15, 0.2) is 36.4 Å². The van der Waals surface area contributed by atoms with Crippen LogP contribution in [0.4, 0.5) is 10.1 Å². The van der Waals surface area contributed by atoms with E-state index in [0.29, 0.717) is 22.6 Å². The molecule has 2 nitrogen and oxygen atoms in total. The SMILES string of the molecule is COc1ccccc1-c1cc(N)c(Cl)cc1F. The molecule has 0 saturated heterocycles. The number of halogens is 2. The van der Waals surface area contributed by atoms with E-state index in [1.54, 1.807) is 12.1 Å². The molecule has 0 aliphatic rings.